The molecule has 5 nitrogen and oxygen atoms in total. The van der Waals surface area contributed by atoms with E-state index in [4.69, 9.17) is 0 Å². The zero-order valence-electron chi connectivity index (χ0n) is 18.2. The fraction of sp³-hybridized carbons (Fsp3) is 0.440. The second-order valence-corrected chi connectivity index (χ2v) is 8.61. The maximum atomic E-state index is 14.5. The summed E-state index contributed by atoms with van der Waals surface area (Å²) in [5.41, 5.74) is 1.26. The van der Waals surface area contributed by atoms with Crippen LogP contribution >= 0.6 is 0 Å². The Labute approximate surface area is 187 Å². The Balaban J connectivity index is 1.23. The molecule has 2 fully saturated rings. The minimum atomic E-state index is -0.608. The lowest BCUT2D eigenvalue weighted by Crippen LogP contribution is -2.51. The molecule has 0 spiro atoms. The third kappa shape index (κ3) is 5.33. The van der Waals surface area contributed by atoms with E-state index < -0.39 is 11.7 Å². The fourth-order valence-electron chi connectivity index (χ4n) is 4.57. The number of hydrogen-bond acceptors (Lipinski definition) is 3. The Morgan fingerprint density at radius 2 is 1.56 bits per heavy atom. The Kier molecular flexibility index (Phi) is 7.15. The van der Waals surface area contributed by atoms with E-state index in [-0.39, 0.29) is 17.3 Å². The largest absolute Gasteiger partial charge is 0.351 e. The molecule has 0 unspecified atom stereocenters. The van der Waals surface area contributed by atoms with E-state index in [1.54, 1.807) is 18.2 Å². The number of benzene rings is 2. The average molecular weight is 442 g/mol. The second kappa shape index (κ2) is 10.2. The molecule has 0 bridgehead atoms. The Hall–Kier alpha value is -2.80. The van der Waals surface area contributed by atoms with Crippen LogP contribution in [-0.2, 0) is 4.79 Å². The maximum Gasteiger partial charge on any atom is 0.254 e. The van der Waals surface area contributed by atoms with Crippen molar-refractivity contribution in [2.24, 2.45) is 5.92 Å². The maximum absolute atomic E-state index is 14.5. The molecule has 2 amide bonds. The number of halogens is 2. The topological polar surface area (TPSA) is 52.7 Å². The molecule has 32 heavy (non-hydrogen) atoms. The molecular formula is C25H29F2N3O2. The number of hydrogen-bond donors (Lipinski definition) is 1. The van der Waals surface area contributed by atoms with Crippen molar-refractivity contribution >= 4 is 11.8 Å². The number of amides is 2. The molecule has 1 aliphatic carbocycles. The van der Waals surface area contributed by atoms with Gasteiger partial charge in [-0.05, 0) is 48.2 Å². The molecule has 1 saturated carbocycles. The van der Waals surface area contributed by atoms with Gasteiger partial charge in [-0.3, -0.25) is 14.5 Å². The summed E-state index contributed by atoms with van der Waals surface area (Å²) in [6.45, 7) is 4.09. The van der Waals surface area contributed by atoms with Crippen LogP contribution < -0.4 is 5.32 Å². The first-order valence-corrected chi connectivity index (χ1v) is 11.4. The van der Waals surface area contributed by atoms with Crippen LogP contribution in [0.3, 0.4) is 0 Å². The van der Waals surface area contributed by atoms with Gasteiger partial charge in [0.25, 0.3) is 5.91 Å². The van der Waals surface area contributed by atoms with Crippen LogP contribution in [0.15, 0.2) is 42.5 Å². The molecule has 0 aromatic heterocycles. The van der Waals surface area contributed by atoms with Gasteiger partial charge in [-0.15, -0.1) is 0 Å². The van der Waals surface area contributed by atoms with Gasteiger partial charge in [0.1, 0.15) is 11.6 Å². The highest BCUT2D eigenvalue weighted by Crippen LogP contribution is 2.27. The Morgan fingerprint density at radius 1 is 0.906 bits per heavy atom. The predicted molar refractivity (Wildman–Crippen MR) is 119 cm³/mol. The number of nitrogens with zero attached hydrogens (tertiary/aromatic N) is 2. The molecule has 2 aromatic rings. The van der Waals surface area contributed by atoms with Crippen LogP contribution in [0.5, 0.6) is 0 Å². The van der Waals surface area contributed by atoms with Crippen molar-refractivity contribution in [1.29, 1.82) is 0 Å². The van der Waals surface area contributed by atoms with Crippen molar-refractivity contribution in [1.82, 2.24) is 15.1 Å². The smallest absolute Gasteiger partial charge is 0.254 e. The van der Waals surface area contributed by atoms with E-state index >= 15 is 0 Å². The summed E-state index contributed by atoms with van der Waals surface area (Å²) in [4.78, 5) is 29.1. The van der Waals surface area contributed by atoms with E-state index in [1.165, 1.54) is 24.3 Å². The molecule has 7 heteroatoms. The highest BCUT2D eigenvalue weighted by atomic mass is 19.1. The molecule has 2 aliphatic rings. The van der Waals surface area contributed by atoms with Crippen LogP contribution in [0.25, 0.3) is 11.1 Å². The van der Waals surface area contributed by atoms with Crippen LogP contribution in [0.2, 0.25) is 0 Å². The first-order chi connectivity index (χ1) is 15.5. The molecule has 1 saturated heterocycles. The number of rotatable bonds is 6. The molecule has 0 radical (unpaired) electrons. The third-order valence-corrected chi connectivity index (χ3v) is 6.49. The molecule has 0 atom stereocenters. The van der Waals surface area contributed by atoms with Crippen molar-refractivity contribution in [2.75, 3.05) is 39.3 Å². The summed E-state index contributed by atoms with van der Waals surface area (Å²) in [5, 5.41) is 2.78. The number of piperazine rings is 1. The van der Waals surface area contributed by atoms with Gasteiger partial charge < -0.3 is 10.2 Å². The normalized spacial score (nSPS) is 17.5. The molecule has 1 N–H and O–H groups in total. The number of carbonyl (C=O) groups is 2. The molecule has 170 valence electrons. The second-order valence-electron chi connectivity index (χ2n) is 8.61. The van der Waals surface area contributed by atoms with E-state index in [0.29, 0.717) is 30.1 Å². The van der Waals surface area contributed by atoms with E-state index in [2.05, 4.69) is 10.2 Å². The van der Waals surface area contributed by atoms with Crippen molar-refractivity contribution in [3.63, 3.8) is 0 Å². The van der Waals surface area contributed by atoms with Crippen LogP contribution in [-0.4, -0.2) is 60.9 Å². The molecule has 1 heterocycles. The van der Waals surface area contributed by atoms with Gasteiger partial charge in [-0.2, -0.15) is 0 Å². The summed E-state index contributed by atoms with van der Waals surface area (Å²) in [7, 11) is 0. The fourth-order valence-corrected chi connectivity index (χ4v) is 4.57. The van der Waals surface area contributed by atoms with Gasteiger partial charge in [0, 0.05) is 45.2 Å². The SMILES string of the molecule is O=C(NCCN1CCN(C(=O)C2CCCC2)CC1)c1ccc(-c2ccc(F)cc2)cc1F. The molecule has 1 aliphatic heterocycles. The lowest BCUT2D eigenvalue weighted by Gasteiger charge is -2.36. The van der Waals surface area contributed by atoms with Gasteiger partial charge in [-0.25, -0.2) is 8.78 Å². The van der Waals surface area contributed by atoms with Gasteiger partial charge in [0.2, 0.25) is 5.91 Å². The van der Waals surface area contributed by atoms with E-state index in [1.807, 2.05) is 4.90 Å². The zero-order valence-corrected chi connectivity index (χ0v) is 18.2. The van der Waals surface area contributed by atoms with Gasteiger partial charge in [0.05, 0.1) is 5.56 Å². The minimum absolute atomic E-state index is 0.0113. The van der Waals surface area contributed by atoms with Gasteiger partial charge in [0.15, 0.2) is 0 Å². The zero-order chi connectivity index (χ0) is 22.5. The first kappa shape index (κ1) is 22.4. The summed E-state index contributed by atoms with van der Waals surface area (Å²) >= 11 is 0. The molecule has 2 aromatic carbocycles. The van der Waals surface area contributed by atoms with E-state index in [0.717, 1.165) is 51.9 Å². The van der Waals surface area contributed by atoms with Crippen molar-refractivity contribution in [2.45, 2.75) is 25.7 Å². The third-order valence-electron chi connectivity index (χ3n) is 6.49. The standard InChI is InChI=1S/C25H29F2N3O2/c26-21-8-5-18(6-9-21)20-7-10-22(23(27)17-20)24(31)28-11-12-29-13-15-30(16-14-29)25(32)19-3-1-2-4-19/h5-10,17,19H,1-4,11-16H2,(H,28,31). The van der Waals surface area contributed by atoms with Crippen LogP contribution in [0, 0.1) is 17.6 Å². The van der Waals surface area contributed by atoms with Gasteiger partial charge in [-0.1, -0.05) is 31.0 Å². The van der Waals surface area contributed by atoms with Crippen LogP contribution in [0.4, 0.5) is 8.78 Å². The summed E-state index contributed by atoms with van der Waals surface area (Å²) < 4.78 is 27.6. The minimum Gasteiger partial charge on any atom is -0.351 e. The van der Waals surface area contributed by atoms with E-state index in [9.17, 15) is 18.4 Å². The molecule has 4 rings (SSSR count). The predicted octanol–water partition coefficient (Wildman–Crippen LogP) is 3.70. The highest BCUT2D eigenvalue weighted by molar-refractivity contribution is 5.95. The van der Waals surface area contributed by atoms with Crippen LogP contribution in [0.1, 0.15) is 36.0 Å². The quantitative estimate of drug-likeness (QED) is 0.744. The van der Waals surface area contributed by atoms with Crippen molar-refractivity contribution in [3.05, 3.63) is 59.7 Å². The molecular weight excluding hydrogens is 412 g/mol. The van der Waals surface area contributed by atoms with Crippen molar-refractivity contribution in [3.8, 4) is 11.1 Å². The Morgan fingerprint density at radius 3 is 2.22 bits per heavy atom. The number of carbonyl (C=O) groups excluding carboxylic acids is 2. The lowest BCUT2D eigenvalue weighted by atomic mass is 10.0. The summed E-state index contributed by atoms with van der Waals surface area (Å²) in [5.74, 6) is -0.904. The number of nitrogens with one attached hydrogen (secondary N) is 1. The van der Waals surface area contributed by atoms with Crippen molar-refractivity contribution < 1.29 is 18.4 Å². The first-order valence-electron chi connectivity index (χ1n) is 11.4. The Bertz CT molecular complexity index is 950. The average Bonchev–Trinajstić information content (AvgIpc) is 3.34. The highest BCUT2D eigenvalue weighted by Gasteiger charge is 2.29. The monoisotopic (exact) mass is 441 g/mol. The summed E-state index contributed by atoms with van der Waals surface area (Å²) in [6, 6.07) is 10.2. The lowest BCUT2D eigenvalue weighted by molar-refractivity contribution is -0.137. The summed E-state index contributed by atoms with van der Waals surface area (Å²) in [6.07, 6.45) is 4.36. The van der Waals surface area contributed by atoms with Gasteiger partial charge >= 0.3 is 0 Å².